The Bertz CT molecular complexity index is 1010. The molecule has 0 aliphatic heterocycles. The van der Waals surface area contributed by atoms with Crippen molar-refractivity contribution in [3.8, 4) is 21.1 Å². The maximum Gasteiger partial charge on any atom is 0.165 e. The number of pyridine rings is 1. The largest absolute Gasteiger partial charge is 0.298 e. The van der Waals surface area contributed by atoms with Gasteiger partial charge in [-0.05, 0) is 61.1 Å². The average Bonchev–Trinajstić information content (AvgIpc) is 3.34. The molecule has 0 aliphatic carbocycles. The Hall–Kier alpha value is -2.54. The number of aromatic nitrogens is 4. The highest BCUT2D eigenvalue weighted by Crippen LogP contribution is 2.42. The van der Waals surface area contributed by atoms with Gasteiger partial charge in [-0.2, -0.15) is 5.10 Å². The van der Waals surface area contributed by atoms with Crippen molar-refractivity contribution in [1.29, 1.82) is 0 Å². The van der Waals surface area contributed by atoms with Gasteiger partial charge in [0.15, 0.2) is 5.82 Å². The van der Waals surface area contributed by atoms with Gasteiger partial charge in [0.05, 0.1) is 10.9 Å². The SMILES string of the molecule is CN(C)[C@H](c1ccc(Cl)cc1)c1cc(-c2ccncc2)sc1-c1ncn[nH]1. The lowest BCUT2D eigenvalue weighted by Crippen LogP contribution is -2.21. The molecule has 0 amide bonds. The maximum atomic E-state index is 6.10. The van der Waals surface area contributed by atoms with E-state index < -0.39 is 0 Å². The first-order valence-electron chi connectivity index (χ1n) is 8.45. The summed E-state index contributed by atoms with van der Waals surface area (Å²) in [5.41, 5.74) is 3.48. The third kappa shape index (κ3) is 3.64. The molecule has 7 heteroatoms. The summed E-state index contributed by atoms with van der Waals surface area (Å²) in [4.78, 5) is 13.0. The molecule has 136 valence electrons. The van der Waals surface area contributed by atoms with Gasteiger partial charge in [0.2, 0.25) is 0 Å². The van der Waals surface area contributed by atoms with Crippen LogP contribution in [0.15, 0.2) is 61.2 Å². The van der Waals surface area contributed by atoms with Crippen LogP contribution in [0, 0.1) is 0 Å². The summed E-state index contributed by atoms with van der Waals surface area (Å²) in [7, 11) is 4.15. The van der Waals surface area contributed by atoms with Gasteiger partial charge in [-0.1, -0.05) is 23.7 Å². The van der Waals surface area contributed by atoms with Gasteiger partial charge in [-0.25, -0.2) is 4.98 Å². The molecule has 5 nitrogen and oxygen atoms in total. The molecule has 0 saturated carbocycles. The van der Waals surface area contributed by atoms with Crippen molar-refractivity contribution < 1.29 is 0 Å². The van der Waals surface area contributed by atoms with Gasteiger partial charge in [-0.3, -0.25) is 15.0 Å². The number of hydrogen-bond donors (Lipinski definition) is 1. The Morgan fingerprint density at radius 3 is 2.44 bits per heavy atom. The summed E-state index contributed by atoms with van der Waals surface area (Å²) in [5, 5.41) is 7.78. The molecule has 4 aromatic rings. The van der Waals surface area contributed by atoms with Crippen LogP contribution in [0.2, 0.25) is 5.02 Å². The van der Waals surface area contributed by atoms with Crippen molar-refractivity contribution in [2.45, 2.75) is 6.04 Å². The molecule has 1 aromatic carbocycles. The van der Waals surface area contributed by atoms with E-state index in [0.29, 0.717) is 0 Å². The zero-order valence-electron chi connectivity index (χ0n) is 14.9. The molecular formula is C20H18ClN5S. The lowest BCUT2D eigenvalue weighted by atomic mass is 9.97. The zero-order chi connectivity index (χ0) is 18.8. The normalized spacial score (nSPS) is 12.4. The van der Waals surface area contributed by atoms with Crippen LogP contribution in [-0.4, -0.2) is 39.2 Å². The number of aromatic amines is 1. The van der Waals surface area contributed by atoms with E-state index in [0.717, 1.165) is 21.3 Å². The summed E-state index contributed by atoms with van der Waals surface area (Å²) in [6.45, 7) is 0. The van der Waals surface area contributed by atoms with Crippen molar-refractivity contribution in [2.24, 2.45) is 0 Å². The molecule has 3 heterocycles. The summed E-state index contributed by atoms with van der Waals surface area (Å²) in [6, 6.07) is 14.3. The minimum absolute atomic E-state index is 0.0641. The topological polar surface area (TPSA) is 57.7 Å². The van der Waals surface area contributed by atoms with Crippen molar-refractivity contribution >= 4 is 22.9 Å². The molecule has 0 aliphatic rings. The predicted molar refractivity (Wildman–Crippen MR) is 110 cm³/mol. The van der Waals surface area contributed by atoms with Crippen molar-refractivity contribution in [3.63, 3.8) is 0 Å². The number of halogens is 1. The number of nitrogens with zero attached hydrogens (tertiary/aromatic N) is 4. The quantitative estimate of drug-likeness (QED) is 0.522. The molecule has 1 N–H and O–H groups in total. The first-order chi connectivity index (χ1) is 13.1. The minimum Gasteiger partial charge on any atom is -0.298 e. The minimum atomic E-state index is 0.0641. The molecule has 0 bridgehead atoms. The van der Waals surface area contributed by atoms with Crippen LogP contribution in [0.4, 0.5) is 0 Å². The van der Waals surface area contributed by atoms with E-state index >= 15 is 0 Å². The van der Waals surface area contributed by atoms with E-state index in [1.165, 1.54) is 22.3 Å². The third-order valence-corrected chi connectivity index (χ3v) is 5.81. The fourth-order valence-electron chi connectivity index (χ4n) is 3.17. The summed E-state index contributed by atoms with van der Waals surface area (Å²) < 4.78 is 0. The molecule has 0 spiro atoms. The molecule has 4 rings (SSSR count). The van der Waals surface area contributed by atoms with Crippen LogP contribution in [0.25, 0.3) is 21.1 Å². The first kappa shape index (κ1) is 17.9. The van der Waals surface area contributed by atoms with Crippen LogP contribution in [-0.2, 0) is 0 Å². The summed E-state index contributed by atoms with van der Waals surface area (Å²) in [5.74, 6) is 0.774. The van der Waals surface area contributed by atoms with Gasteiger partial charge in [-0.15, -0.1) is 11.3 Å². The molecule has 3 aromatic heterocycles. The van der Waals surface area contributed by atoms with Gasteiger partial charge >= 0.3 is 0 Å². The summed E-state index contributed by atoms with van der Waals surface area (Å²) >= 11 is 7.80. The van der Waals surface area contributed by atoms with E-state index in [-0.39, 0.29) is 6.04 Å². The second-order valence-electron chi connectivity index (χ2n) is 6.38. The number of thiophene rings is 1. The van der Waals surface area contributed by atoms with Crippen LogP contribution < -0.4 is 0 Å². The fraction of sp³-hybridized carbons (Fsp3) is 0.150. The highest BCUT2D eigenvalue weighted by molar-refractivity contribution is 7.19. The standard InChI is InChI=1S/C20H18ClN5S/c1-26(2)18(14-3-5-15(21)6-4-14)16-11-17(13-7-9-22-10-8-13)27-19(16)20-23-12-24-25-20/h3-12,18H,1-2H3,(H,23,24,25)/t18-/m1/s1. The van der Waals surface area contributed by atoms with Gasteiger partial charge in [0, 0.05) is 22.3 Å². The molecule has 27 heavy (non-hydrogen) atoms. The van der Waals surface area contributed by atoms with E-state index in [1.54, 1.807) is 11.3 Å². The van der Waals surface area contributed by atoms with Gasteiger partial charge in [0.25, 0.3) is 0 Å². The highest BCUT2D eigenvalue weighted by atomic mass is 35.5. The Kier molecular flexibility index (Phi) is 5.03. The van der Waals surface area contributed by atoms with Crippen LogP contribution in [0.3, 0.4) is 0 Å². The average molecular weight is 396 g/mol. The smallest absolute Gasteiger partial charge is 0.165 e. The van der Waals surface area contributed by atoms with Crippen LogP contribution in [0.1, 0.15) is 17.2 Å². The Balaban J connectivity index is 1.88. The van der Waals surface area contributed by atoms with E-state index in [4.69, 9.17) is 11.6 Å². The maximum absolute atomic E-state index is 6.10. The molecular weight excluding hydrogens is 378 g/mol. The number of hydrogen-bond acceptors (Lipinski definition) is 5. The predicted octanol–water partition coefficient (Wildman–Crippen LogP) is 4.90. The monoisotopic (exact) mass is 395 g/mol. The van der Waals surface area contributed by atoms with Crippen molar-refractivity contribution in [2.75, 3.05) is 14.1 Å². The van der Waals surface area contributed by atoms with E-state index in [1.807, 2.05) is 36.7 Å². The Morgan fingerprint density at radius 1 is 1.07 bits per heavy atom. The van der Waals surface area contributed by atoms with Gasteiger partial charge < -0.3 is 0 Å². The van der Waals surface area contributed by atoms with Crippen molar-refractivity contribution in [3.05, 3.63) is 77.3 Å². The second kappa shape index (κ2) is 7.60. The van der Waals surface area contributed by atoms with Gasteiger partial charge in [0.1, 0.15) is 6.33 Å². The molecule has 0 unspecified atom stereocenters. The fourth-order valence-corrected chi connectivity index (χ4v) is 4.44. The Labute approximate surface area is 166 Å². The lowest BCUT2D eigenvalue weighted by Gasteiger charge is -2.25. The number of benzene rings is 1. The number of H-pyrrole nitrogens is 1. The van der Waals surface area contributed by atoms with E-state index in [9.17, 15) is 0 Å². The zero-order valence-corrected chi connectivity index (χ0v) is 16.5. The molecule has 0 radical (unpaired) electrons. The second-order valence-corrected chi connectivity index (χ2v) is 7.87. The molecule has 0 fully saturated rings. The summed E-state index contributed by atoms with van der Waals surface area (Å²) in [6.07, 6.45) is 5.16. The first-order valence-corrected chi connectivity index (χ1v) is 9.64. The number of rotatable bonds is 5. The number of nitrogens with one attached hydrogen (secondary N) is 1. The van der Waals surface area contributed by atoms with Crippen LogP contribution >= 0.6 is 22.9 Å². The molecule has 1 atom stereocenters. The van der Waals surface area contributed by atoms with Crippen LogP contribution in [0.5, 0.6) is 0 Å². The Morgan fingerprint density at radius 2 is 1.81 bits per heavy atom. The highest BCUT2D eigenvalue weighted by Gasteiger charge is 2.25. The molecule has 0 saturated heterocycles. The van der Waals surface area contributed by atoms with Crippen molar-refractivity contribution in [1.82, 2.24) is 25.1 Å². The third-order valence-electron chi connectivity index (χ3n) is 4.35. The lowest BCUT2D eigenvalue weighted by molar-refractivity contribution is 0.343. The van der Waals surface area contributed by atoms with E-state index in [2.05, 4.69) is 57.4 Å².